The van der Waals surface area contributed by atoms with E-state index in [4.69, 9.17) is 0 Å². The Bertz CT molecular complexity index is 753. The number of hydrogen-bond acceptors (Lipinski definition) is 6. The number of carbonyl (C=O) groups excluding carboxylic acids is 4. The van der Waals surface area contributed by atoms with Gasteiger partial charge in [-0.3, -0.25) is 29.4 Å². The molecule has 2 rings (SSSR count). The molecule has 1 aromatic carbocycles. The van der Waals surface area contributed by atoms with Crippen molar-refractivity contribution in [3.05, 3.63) is 29.3 Å². The van der Waals surface area contributed by atoms with Gasteiger partial charge < -0.3 is 5.32 Å². The molecule has 158 valence electrons. The number of amides is 4. The molecule has 1 aromatic rings. The molecular weight excluding hydrogens is 390 g/mol. The van der Waals surface area contributed by atoms with Crippen LogP contribution in [0.4, 0.5) is 0 Å². The third kappa shape index (κ3) is 6.14. The second-order valence-electron chi connectivity index (χ2n) is 7.10. The van der Waals surface area contributed by atoms with E-state index in [-0.39, 0.29) is 18.2 Å². The van der Waals surface area contributed by atoms with Crippen molar-refractivity contribution in [2.75, 3.05) is 19.3 Å². The van der Waals surface area contributed by atoms with Crippen LogP contribution in [0.15, 0.2) is 23.1 Å². The first-order chi connectivity index (χ1) is 14.0. The normalized spacial score (nSPS) is 14.1. The molecule has 0 aliphatic carbocycles. The number of hydrogen-bond donors (Lipinski definition) is 2. The quantitative estimate of drug-likeness (QED) is 0.221. The van der Waals surface area contributed by atoms with Gasteiger partial charge in [-0.2, -0.15) is 0 Å². The standard InChI is InChI=1S/C21H29N3O4S/c1-15(10-11-18(26)23-14-25)24-20(27)16-8-7-9-17(19(16)21(24)28)29-13-6-4-3-5-12-22-2/h7-9,14-15,22H,3-6,10-13H2,1-2H3,(H,23,25,26). The van der Waals surface area contributed by atoms with E-state index in [9.17, 15) is 19.2 Å². The SMILES string of the molecule is CNCCCCCCSc1cccc2c1C(=O)N(C(C)CCC(=O)NC=O)C2=O. The second-order valence-corrected chi connectivity index (χ2v) is 8.24. The number of unbranched alkanes of at least 4 members (excludes halogenated alkanes) is 3. The van der Waals surface area contributed by atoms with Crippen LogP contribution in [0.3, 0.4) is 0 Å². The van der Waals surface area contributed by atoms with Gasteiger partial charge in [-0.15, -0.1) is 11.8 Å². The summed E-state index contributed by atoms with van der Waals surface area (Å²) in [6.07, 6.45) is 5.25. The van der Waals surface area contributed by atoms with Crippen LogP contribution in [0.5, 0.6) is 0 Å². The summed E-state index contributed by atoms with van der Waals surface area (Å²) >= 11 is 1.62. The number of nitrogens with zero attached hydrogens (tertiary/aromatic N) is 1. The molecule has 8 heteroatoms. The van der Waals surface area contributed by atoms with Crippen molar-refractivity contribution in [3.63, 3.8) is 0 Å². The smallest absolute Gasteiger partial charge is 0.262 e. The van der Waals surface area contributed by atoms with Crippen LogP contribution in [0, 0.1) is 0 Å². The molecule has 0 fully saturated rings. The molecule has 1 heterocycles. The first-order valence-corrected chi connectivity index (χ1v) is 11.0. The van der Waals surface area contributed by atoms with Crippen LogP contribution in [0.25, 0.3) is 0 Å². The minimum Gasteiger partial charge on any atom is -0.320 e. The Morgan fingerprint density at radius 2 is 1.93 bits per heavy atom. The lowest BCUT2D eigenvalue weighted by atomic mass is 10.1. The van der Waals surface area contributed by atoms with E-state index >= 15 is 0 Å². The summed E-state index contributed by atoms with van der Waals surface area (Å²) in [5.41, 5.74) is 0.903. The van der Waals surface area contributed by atoms with Crippen molar-refractivity contribution in [3.8, 4) is 0 Å². The molecule has 7 nitrogen and oxygen atoms in total. The van der Waals surface area contributed by atoms with E-state index in [1.807, 2.05) is 19.2 Å². The molecule has 1 aliphatic heterocycles. The summed E-state index contributed by atoms with van der Waals surface area (Å²) in [7, 11) is 1.95. The summed E-state index contributed by atoms with van der Waals surface area (Å²) in [6.45, 7) is 2.77. The molecule has 1 aliphatic rings. The summed E-state index contributed by atoms with van der Waals surface area (Å²) in [6, 6.07) is 4.96. The van der Waals surface area contributed by atoms with E-state index in [1.54, 1.807) is 24.8 Å². The molecule has 29 heavy (non-hydrogen) atoms. The van der Waals surface area contributed by atoms with Crippen molar-refractivity contribution in [1.82, 2.24) is 15.5 Å². The van der Waals surface area contributed by atoms with Gasteiger partial charge in [-0.05, 0) is 57.7 Å². The van der Waals surface area contributed by atoms with Gasteiger partial charge in [0.05, 0.1) is 11.1 Å². The van der Waals surface area contributed by atoms with E-state index in [1.165, 1.54) is 11.3 Å². The van der Waals surface area contributed by atoms with Gasteiger partial charge in [0.2, 0.25) is 12.3 Å². The molecule has 0 bridgehead atoms. The van der Waals surface area contributed by atoms with Crippen molar-refractivity contribution < 1.29 is 19.2 Å². The van der Waals surface area contributed by atoms with Crippen LogP contribution in [0.1, 0.15) is 66.2 Å². The van der Waals surface area contributed by atoms with E-state index < -0.39 is 11.9 Å². The second kappa shape index (κ2) is 11.7. The fourth-order valence-electron chi connectivity index (χ4n) is 3.34. The first kappa shape index (κ1) is 23.1. The van der Waals surface area contributed by atoms with Gasteiger partial charge in [0.15, 0.2) is 0 Å². The minimum absolute atomic E-state index is 0.0719. The summed E-state index contributed by atoms with van der Waals surface area (Å²) in [5.74, 6) is -0.138. The van der Waals surface area contributed by atoms with Crippen molar-refractivity contribution >= 4 is 35.9 Å². The molecule has 1 atom stereocenters. The lowest BCUT2D eigenvalue weighted by Gasteiger charge is -2.22. The highest BCUT2D eigenvalue weighted by Crippen LogP contribution is 2.34. The average Bonchev–Trinajstić information content (AvgIpc) is 2.97. The molecule has 0 saturated carbocycles. The van der Waals surface area contributed by atoms with Gasteiger partial charge in [0.25, 0.3) is 11.8 Å². The summed E-state index contributed by atoms with van der Waals surface area (Å²) in [4.78, 5) is 49.6. The lowest BCUT2D eigenvalue weighted by molar-refractivity contribution is -0.125. The number of nitrogens with one attached hydrogen (secondary N) is 2. The van der Waals surface area contributed by atoms with Gasteiger partial charge in [0.1, 0.15) is 0 Å². The molecule has 0 radical (unpaired) electrons. The van der Waals surface area contributed by atoms with E-state index in [2.05, 4.69) is 10.6 Å². The largest absolute Gasteiger partial charge is 0.320 e. The number of benzene rings is 1. The maximum Gasteiger partial charge on any atom is 0.262 e. The molecule has 0 saturated heterocycles. The third-order valence-electron chi connectivity index (χ3n) is 4.94. The van der Waals surface area contributed by atoms with Crippen molar-refractivity contribution in [1.29, 1.82) is 0 Å². The fraction of sp³-hybridized carbons (Fsp3) is 0.524. The summed E-state index contributed by atoms with van der Waals surface area (Å²) < 4.78 is 0. The Morgan fingerprint density at radius 3 is 2.66 bits per heavy atom. The van der Waals surface area contributed by atoms with Gasteiger partial charge in [-0.1, -0.05) is 18.9 Å². The van der Waals surface area contributed by atoms with Crippen LogP contribution in [-0.4, -0.2) is 54.4 Å². The van der Waals surface area contributed by atoms with Crippen LogP contribution in [0.2, 0.25) is 0 Å². The van der Waals surface area contributed by atoms with Crippen LogP contribution in [-0.2, 0) is 9.59 Å². The van der Waals surface area contributed by atoms with Crippen LogP contribution < -0.4 is 10.6 Å². The molecule has 2 N–H and O–H groups in total. The monoisotopic (exact) mass is 419 g/mol. The molecular formula is C21H29N3O4S. The minimum atomic E-state index is -0.426. The van der Waals surface area contributed by atoms with Crippen LogP contribution >= 0.6 is 11.8 Å². The highest BCUT2D eigenvalue weighted by molar-refractivity contribution is 7.99. The molecule has 4 amide bonds. The average molecular weight is 420 g/mol. The Morgan fingerprint density at radius 1 is 1.17 bits per heavy atom. The summed E-state index contributed by atoms with van der Waals surface area (Å²) in [5, 5.41) is 5.21. The van der Waals surface area contributed by atoms with E-state index in [0.29, 0.717) is 24.0 Å². The predicted molar refractivity (Wildman–Crippen MR) is 113 cm³/mol. The van der Waals surface area contributed by atoms with Crippen molar-refractivity contribution in [2.45, 2.75) is 56.4 Å². The Hall–Kier alpha value is -2.19. The first-order valence-electron chi connectivity index (χ1n) is 10.0. The van der Waals surface area contributed by atoms with E-state index in [0.717, 1.165) is 36.5 Å². The topological polar surface area (TPSA) is 95.6 Å². The fourth-order valence-corrected chi connectivity index (χ4v) is 4.42. The lowest BCUT2D eigenvalue weighted by Crippen LogP contribution is -2.38. The predicted octanol–water partition coefficient (Wildman–Crippen LogP) is 2.60. The number of rotatable bonds is 13. The highest BCUT2D eigenvalue weighted by atomic mass is 32.2. The zero-order valence-corrected chi connectivity index (χ0v) is 17.8. The Balaban J connectivity index is 1.97. The Labute approximate surface area is 176 Å². The molecule has 0 aromatic heterocycles. The Kier molecular flexibility index (Phi) is 9.34. The van der Waals surface area contributed by atoms with Gasteiger partial charge in [-0.25, -0.2) is 0 Å². The number of carbonyl (C=O) groups is 4. The number of imide groups is 2. The number of thioether (sulfide) groups is 1. The molecule has 1 unspecified atom stereocenters. The zero-order valence-electron chi connectivity index (χ0n) is 17.0. The third-order valence-corrected chi connectivity index (χ3v) is 6.08. The maximum atomic E-state index is 13.0. The highest BCUT2D eigenvalue weighted by Gasteiger charge is 2.39. The van der Waals surface area contributed by atoms with Crippen molar-refractivity contribution in [2.24, 2.45) is 0 Å². The maximum absolute atomic E-state index is 13.0. The number of fused-ring (bicyclic) bond motifs is 1. The van der Waals surface area contributed by atoms with Gasteiger partial charge >= 0.3 is 0 Å². The van der Waals surface area contributed by atoms with Gasteiger partial charge in [0, 0.05) is 17.4 Å². The molecule has 0 spiro atoms. The zero-order chi connectivity index (χ0) is 21.2.